The zero-order valence-corrected chi connectivity index (χ0v) is 19.4. The van der Waals surface area contributed by atoms with E-state index in [1.165, 1.54) is 11.3 Å². The highest BCUT2D eigenvalue weighted by molar-refractivity contribution is 7.21. The topological polar surface area (TPSA) is 89.9 Å². The van der Waals surface area contributed by atoms with Crippen LogP contribution < -0.4 is 11.3 Å². The number of aromatic nitrogens is 4. The van der Waals surface area contributed by atoms with Gasteiger partial charge in [0.2, 0.25) is 0 Å². The number of pyridine rings is 1. The van der Waals surface area contributed by atoms with E-state index in [2.05, 4.69) is 21.8 Å². The molecule has 0 aliphatic heterocycles. The molecule has 0 aliphatic rings. The molecule has 1 atom stereocenters. The lowest BCUT2D eigenvalue weighted by Gasteiger charge is -2.31. The van der Waals surface area contributed by atoms with Crippen LogP contribution in [0.5, 0.6) is 0 Å². The summed E-state index contributed by atoms with van der Waals surface area (Å²) in [5, 5.41) is 0. The molecule has 0 bridgehead atoms. The number of hydrogen-bond donors (Lipinski definition) is 1. The largest absolute Gasteiger partial charge is 0.329 e. The Morgan fingerprint density at radius 3 is 2.56 bits per heavy atom. The fraction of sp³-hybridized carbons (Fsp3) is 0.304. The van der Waals surface area contributed by atoms with Gasteiger partial charge in [0, 0.05) is 32.0 Å². The minimum Gasteiger partial charge on any atom is -0.329 e. The van der Waals surface area contributed by atoms with E-state index in [1.807, 2.05) is 42.5 Å². The van der Waals surface area contributed by atoms with Gasteiger partial charge in [-0.1, -0.05) is 60.2 Å². The van der Waals surface area contributed by atoms with Crippen LogP contribution >= 0.6 is 22.9 Å². The van der Waals surface area contributed by atoms with Crippen LogP contribution in [0, 0.1) is 0 Å². The number of rotatable bonds is 9. The molecular formula is C23H25ClN6OS. The molecule has 4 rings (SSSR count). The minimum atomic E-state index is -0.174. The van der Waals surface area contributed by atoms with Crippen LogP contribution in [0.25, 0.3) is 10.3 Å². The van der Waals surface area contributed by atoms with E-state index in [0.29, 0.717) is 46.8 Å². The molecular weight excluding hydrogens is 444 g/mol. The van der Waals surface area contributed by atoms with Gasteiger partial charge in [0.15, 0.2) is 14.8 Å². The Balaban J connectivity index is 1.83. The summed E-state index contributed by atoms with van der Waals surface area (Å²) in [5.41, 5.74) is 8.26. The maximum absolute atomic E-state index is 13.5. The number of fused-ring (bicyclic) bond motifs is 1. The van der Waals surface area contributed by atoms with Crippen molar-refractivity contribution >= 4 is 33.3 Å². The SMILES string of the molecule is CCC(c1nc2sc(Cl)nc2c(=O)n1Cc1ccccc1)N(CCN)Cc1ccncc1. The second-order valence-corrected chi connectivity index (χ2v) is 9.07. The Morgan fingerprint density at radius 1 is 1.12 bits per heavy atom. The van der Waals surface area contributed by atoms with Gasteiger partial charge in [0.25, 0.3) is 5.56 Å². The van der Waals surface area contributed by atoms with Gasteiger partial charge in [-0.2, -0.15) is 0 Å². The van der Waals surface area contributed by atoms with Gasteiger partial charge in [-0.3, -0.25) is 19.2 Å². The fourth-order valence-corrected chi connectivity index (χ4v) is 4.88. The van der Waals surface area contributed by atoms with Crippen molar-refractivity contribution in [2.45, 2.75) is 32.5 Å². The number of halogens is 1. The van der Waals surface area contributed by atoms with Crippen molar-refractivity contribution in [1.29, 1.82) is 0 Å². The first-order valence-corrected chi connectivity index (χ1v) is 11.7. The highest BCUT2D eigenvalue weighted by atomic mass is 35.5. The molecule has 2 N–H and O–H groups in total. The third-order valence-electron chi connectivity index (χ3n) is 5.38. The second kappa shape index (κ2) is 10.3. The minimum absolute atomic E-state index is 0.103. The maximum Gasteiger partial charge on any atom is 0.281 e. The lowest BCUT2D eigenvalue weighted by atomic mass is 10.1. The molecule has 0 fully saturated rings. The number of thiazole rings is 1. The molecule has 4 aromatic rings. The molecule has 0 saturated heterocycles. The van der Waals surface area contributed by atoms with E-state index in [-0.39, 0.29) is 11.6 Å². The van der Waals surface area contributed by atoms with Gasteiger partial charge >= 0.3 is 0 Å². The summed E-state index contributed by atoms with van der Waals surface area (Å²) in [6.45, 7) is 4.36. The summed E-state index contributed by atoms with van der Waals surface area (Å²) < 4.78 is 2.05. The van der Waals surface area contributed by atoms with Gasteiger partial charge in [-0.25, -0.2) is 9.97 Å². The molecule has 1 aromatic carbocycles. The number of nitrogens with two attached hydrogens (primary N) is 1. The van der Waals surface area contributed by atoms with E-state index in [0.717, 1.165) is 17.5 Å². The van der Waals surface area contributed by atoms with Gasteiger partial charge < -0.3 is 5.73 Å². The van der Waals surface area contributed by atoms with E-state index in [1.54, 1.807) is 17.0 Å². The van der Waals surface area contributed by atoms with Crippen molar-refractivity contribution in [3.8, 4) is 0 Å². The molecule has 3 aromatic heterocycles. The predicted octanol–water partition coefficient (Wildman–Crippen LogP) is 3.86. The molecule has 9 heteroatoms. The van der Waals surface area contributed by atoms with Crippen molar-refractivity contribution in [2.24, 2.45) is 5.73 Å². The molecule has 7 nitrogen and oxygen atoms in total. The molecule has 0 saturated carbocycles. The Labute approximate surface area is 195 Å². The highest BCUT2D eigenvalue weighted by Crippen LogP contribution is 2.28. The van der Waals surface area contributed by atoms with Crippen LogP contribution in [0.2, 0.25) is 4.47 Å². The van der Waals surface area contributed by atoms with Crippen molar-refractivity contribution in [2.75, 3.05) is 13.1 Å². The van der Waals surface area contributed by atoms with Gasteiger partial charge in [-0.15, -0.1) is 0 Å². The third kappa shape index (κ3) is 4.88. The Kier molecular flexibility index (Phi) is 7.26. The maximum atomic E-state index is 13.5. The predicted molar refractivity (Wildman–Crippen MR) is 129 cm³/mol. The third-order valence-corrected chi connectivity index (χ3v) is 6.44. The van der Waals surface area contributed by atoms with E-state index < -0.39 is 0 Å². The molecule has 1 unspecified atom stereocenters. The van der Waals surface area contributed by atoms with Crippen LogP contribution in [0.15, 0.2) is 59.7 Å². The highest BCUT2D eigenvalue weighted by Gasteiger charge is 2.26. The smallest absolute Gasteiger partial charge is 0.281 e. The Bertz CT molecular complexity index is 1230. The summed E-state index contributed by atoms with van der Waals surface area (Å²) in [6.07, 6.45) is 4.34. The van der Waals surface area contributed by atoms with Crippen molar-refractivity contribution in [1.82, 2.24) is 24.4 Å². The fourth-order valence-electron chi connectivity index (χ4n) is 3.91. The van der Waals surface area contributed by atoms with Crippen LogP contribution in [0.3, 0.4) is 0 Å². The lowest BCUT2D eigenvalue weighted by Crippen LogP contribution is -2.37. The van der Waals surface area contributed by atoms with Crippen LogP contribution in [0.1, 0.15) is 36.3 Å². The monoisotopic (exact) mass is 468 g/mol. The van der Waals surface area contributed by atoms with Crippen molar-refractivity contribution < 1.29 is 0 Å². The van der Waals surface area contributed by atoms with Crippen LogP contribution in [0.4, 0.5) is 0 Å². The van der Waals surface area contributed by atoms with Crippen LogP contribution in [-0.2, 0) is 13.1 Å². The molecule has 3 heterocycles. The standard InChI is InChI=1S/C23H25ClN6OS/c1-2-18(29(13-10-25)14-17-8-11-26-12-9-17)20-28-21-19(27-23(24)32-21)22(31)30(20)15-16-6-4-3-5-7-16/h3-9,11-12,18H,2,10,13-15,25H2,1H3. The zero-order valence-electron chi connectivity index (χ0n) is 17.8. The summed E-state index contributed by atoms with van der Waals surface area (Å²) in [6, 6.07) is 13.8. The number of hydrogen-bond acceptors (Lipinski definition) is 7. The van der Waals surface area contributed by atoms with E-state index >= 15 is 0 Å². The van der Waals surface area contributed by atoms with Crippen molar-refractivity contribution in [3.05, 3.63) is 86.6 Å². The quantitative estimate of drug-likeness (QED) is 0.401. The van der Waals surface area contributed by atoms with Crippen molar-refractivity contribution in [3.63, 3.8) is 0 Å². The zero-order chi connectivity index (χ0) is 22.5. The number of nitrogens with zero attached hydrogens (tertiary/aromatic N) is 5. The molecule has 0 aliphatic carbocycles. The van der Waals surface area contributed by atoms with Crippen LogP contribution in [-0.4, -0.2) is 37.5 Å². The average Bonchev–Trinajstić information content (AvgIpc) is 3.19. The summed E-state index contributed by atoms with van der Waals surface area (Å²) in [4.78, 5) is 29.6. The summed E-state index contributed by atoms with van der Waals surface area (Å²) >= 11 is 7.37. The Morgan fingerprint density at radius 2 is 1.88 bits per heavy atom. The lowest BCUT2D eigenvalue weighted by molar-refractivity contribution is 0.176. The molecule has 166 valence electrons. The molecule has 0 radical (unpaired) electrons. The number of benzene rings is 1. The van der Waals surface area contributed by atoms with Gasteiger partial charge in [0.05, 0.1) is 12.6 Å². The first-order valence-electron chi connectivity index (χ1n) is 10.5. The normalized spacial score (nSPS) is 12.5. The summed E-state index contributed by atoms with van der Waals surface area (Å²) in [5.74, 6) is 0.705. The molecule has 32 heavy (non-hydrogen) atoms. The van der Waals surface area contributed by atoms with E-state index in [4.69, 9.17) is 22.3 Å². The summed E-state index contributed by atoms with van der Waals surface area (Å²) in [7, 11) is 0. The van der Waals surface area contributed by atoms with Gasteiger partial charge in [-0.05, 0) is 29.7 Å². The van der Waals surface area contributed by atoms with Gasteiger partial charge in [0.1, 0.15) is 5.82 Å². The molecule has 0 spiro atoms. The Hall–Kier alpha value is -2.65. The van der Waals surface area contributed by atoms with E-state index in [9.17, 15) is 4.79 Å². The average molecular weight is 469 g/mol. The first-order chi connectivity index (χ1) is 15.6. The molecule has 0 amide bonds. The first kappa shape index (κ1) is 22.5. The second-order valence-electron chi connectivity index (χ2n) is 7.51.